The van der Waals surface area contributed by atoms with E-state index in [-0.39, 0.29) is 23.9 Å². The van der Waals surface area contributed by atoms with Crippen LogP contribution >= 0.6 is 23.1 Å². The summed E-state index contributed by atoms with van der Waals surface area (Å²) in [5, 5.41) is 2.48. The van der Waals surface area contributed by atoms with Crippen molar-refractivity contribution in [2.24, 2.45) is 0 Å². The zero-order valence-corrected chi connectivity index (χ0v) is 25.0. The standard InChI is InChI=1S/C34H29N3O4S2/c1-22-27(43-21-35-22)18-17-26-20-42-33-29(36-28(38)19-23-11-5-2-6-12-23)32(39)37(33)30(26)34(40)41-31(24-13-7-3-8-14-24)25-15-9-4-10-16-25/h2-18,21,29,31,33H,19-20H2,1H3,(H,36,38)/b18-17+/t29?,33-/m1/s1. The van der Waals surface area contributed by atoms with Gasteiger partial charge < -0.3 is 10.1 Å². The summed E-state index contributed by atoms with van der Waals surface area (Å²) < 4.78 is 6.22. The molecule has 7 nitrogen and oxygen atoms in total. The van der Waals surface area contributed by atoms with Crippen molar-refractivity contribution in [2.75, 3.05) is 5.75 Å². The Hall–Kier alpha value is -4.47. The molecule has 2 aliphatic rings. The minimum atomic E-state index is -0.725. The van der Waals surface area contributed by atoms with Crippen LogP contribution in [-0.2, 0) is 25.5 Å². The molecular weight excluding hydrogens is 579 g/mol. The number of benzene rings is 3. The van der Waals surface area contributed by atoms with Gasteiger partial charge in [0.15, 0.2) is 6.10 Å². The lowest BCUT2D eigenvalue weighted by Crippen LogP contribution is -2.70. The normalized spacial score (nSPS) is 18.0. The Morgan fingerprint density at radius 2 is 1.60 bits per heavy atom. The summed E-state index contributed by atoms with van der Waals surface area (Å²) in [4.78, 5) is 47.3. The number of amides is 2. The number of nitrogens with zero attached hydrogens (tertiary/aromatic N) is 2. The molecule has 0 bridgehead atoms. The van der Waals surface area contributed by atoms with E-state index >= 15 is 0 Å². The van der Waals surface area contributed by atoms with Crippen molar-refractivity contribution >= 4 is 47.0 Å². The smallest absolute Gasteiger partial charge is 0.356 e. The third kappa shape index (κ3) is 6.18. The number of aromatic nitrogens is 1. The van der Waals surface area contributed by atoms with Crippen LogP contribution in [0.5, 0.6) is 0 Å². The maximum Gasteiger partial charge on any atom is 0.356 e. The third-order valence-corrected chi connectivity index (χ3v) is 9.56. The van der Waals surface area contributed by atoms with Crippen LogP contribution in [0, 0.1) is 6.92 Å². The number of rotatable bonds is 9. The van der Waals surface area contributed by atoms with Gasteiger partial charge in [-0.2, -0.15) is 0 Å². The number of aryl methyl sites for hydroxylation is 1. The highest BCUT2D eigenvalue weighted by molar-refractivity contribution is 8.00. The summed E-state index contributed by atoms with van der Waals surface area (Å²) in [5.74, 6) is -0.690. The highest BCUT2D eigenvalue weighted by atomic mass is 32.2. The van der Waals surface area contributed by atoms with Crippen LogP contribution < -0.4 is 5.32 Å². The average molecular weight is 608 g/mol. The quantitative estimate of drug-likeness (QED) is 0.194. The second kappa shape index (κ2) is 12.8. The van der Waals surface area contributed by atoms with Gasteiger partial charge in [0.2, 0.25) is 5.91 Å². The van der Waals surface area contributed by atoms with Gasteiger partial charge in [0.25, 0.3) is 5.91 Å². The average Bonchev–Trinajstić information content (AvgIpc) is 3.46. The molecule has 1 aromatic heterocycles. The first-order valence-corrected chi connectivity index (χ1v) is 15.8. The fraction of sp³-hybridized carbons (Fsp3) is 0.176. The molecule has 1 saturated heterocycles. The van der Waals surface area contributed by atoms with E-state index in [0.29, 0.717) is 11.3 Å². The lowest BCUT2D eigenvalue weighted by molar-refractivity contribution is -0.154. The number of nitrogens with one attached hydrogen (secondary N) is 1. The summed E-state index contributed by atoms with van der Waals surface area (Å²) in [6.45, 7) is 1.93. The third-order valence-electron chi connectivity index (χ3n) is 7.36. The Kier molecular flexibility index (Phi) is 8.53. The highest BCUT2D eigenvalue weighted by Gasteiger charge is 2.54. The van der Waals surface area contributed by atoms with Crippen LogP contribution in [0.15, 0.2) is 114 Å². The summed E-state index contributed by atoms with van der Waals surface area (Å²) in [5.41, 5.74) is 6.06. The number of hydrogen-bond donors (Lipinski definition) is 1. The van der Waals surface area contributed by atoms with Crippen molar-refractivity contribution in [2.45, 2.75) is 30.9 Å². The maximum atomic E-state index is 14.1. The number of β-lactam (4-membered cyclic amide) rings is 1. The summed E-state index contributed by atoms with van der Waals surface area (Å²) in [6.07, 6.45) is 3.30. The monoisotopic (exact) mass is 607 g/mol. The summed E-state index contributed by atoms with van der Waals surface area (Å²) in [7, 11) is 0. The van der Waals surface area contributed by atoms with Crippen LogP contribution in [0.3, 0.4) is 0 Å². The molecule has 6 rings (SSSR count). The van der Waals surface area contributed by atoms with Crippen molar-refractivity contribution in [3.8, 4) is 0 Å². The molecule has 4 aromatic rings. The number of carbonyl (C=O) groups excluding carboxylic acids is 3. The molecule has 1 fully saturated rings. The highest BCUT2D eigenvalue weighted by Crippen LogP contribution is 2.42. The van der Waals surface area contributed by atoms with Gasteiger partial charge in [0.05, 0.1) is 17.6 Å². The van der Waals surface area contributed by atoms with Crippen molar-refractivity contribution in [3.05, 3.63) is 141 Å². The first-order chi connectivity index (χ1) is 21.0. The predicted octanol–water partition coefficient (Wildman–Crippen LogP) is 5.69. The van der Waals surface area contributed by atoms with E-state index in [4.69, 9.17) is 4.74 Å². The fourth-order valence-corrected chi connectivity index (χ4v) is 7.17. The van der Waals surface area contributed by atoms with E-state index in [1.54, 1.807) is 5.51 Å². The maximum absolute atomic E-state index is 14.1. The second-order valence-electron chi connectivity index (χ2n) is 10.2. The second-order valence-corrected chi connectivity index (χ2v) is 12.2. The molecule has 43 heavy (non-hydrogen) atoms. The Bertz CT molecular complexity index is 1650. The van der Waals surface area contributed by atoms with Gasteiger partial charge in [-0.1, -0.05) is 97.1 Å². The molecule has 3 heterocycles. The van der Waals surface area contributed by atoms with Crippen LogP contribution in [0.25, 0.3) is 6.08 Å². The van der Waals surface area contributed by atoms with Crippen LogP contribution in [0.4, 0.5) is 0 Å². The van der Waals surface area contributed by atoms with Crippen molar-refractivity contribution < 1.29 is 19.1 Å². The van der Waals surface area contributed by atoms with E-state index in [9.17, 15) is 14.4 Å². The van der Waals surface area contributed by atoms with Gasteiger partial charge in [0, 0.05) is 10.6 Å². The van der Waals surface area contributed by atoms with Crippen molar-refractivity contribution in [1.29, 1.82) is 0 Å². The Morgan fingerprint density at radius 1 is 0.977 bits per heavy atom. The fourth-order valence-electron chi connectivity index (χ4n) is 5.16. The molecule has 1 unspecified atom stereocenters. The van der Waals surface area contributed by atoms with Crippen molar-refractivity contribution in [1.82, 2.24) is 15.2 Å². The SMILES string of the molecule is Cc1ncsc1/C=C/C1=C(C(=O)OC(c2ccccc2)c2ccccc2)N2C(=O)C(NC(=O)Cc3ccccc3)[C@H]2SC1. The van der Waals surface area contributed by atoms with E-state index in [1.165, 1.54) is 28.0 Å². The number of ether oxygens (including phenoxy) is 1. The zero-order valence-electron chi connectivity index (χ0n) is 23.4. The lowest BCUT2D eigenvalue weighted by atomic mass is 10.00. The topological polar surface area (TPSA) is 88.6 Å². The molecule has 3 aromatic carbocycles. The number of carbonyl (C=O) groups is 3. The van der Waals surface area contributed by atoms with Crippen LogP contribution in [0.2, 0.25) is 0 Å². The molecule has 9 heteroatoms. The molecule has 0 radical (unpaired) electrons. The van der Waals surface area contributed by atoms with E-state index in [1.807, 2.05) is 110 Å². The van der Waals surface area contributed by atoms with Gasteiger partial charge >= 0.3 is 5.97 Å². The summed E-state index contributed by atoms with van der Waals surface area (Å²) in [6, 6.07) is 27.8. The van der Waals surface area contributed by atoms with Crippen LogP contribution in [-0.4, -0.2) is 44.8 Å². The van der Waals surface area contributed by atoms with E-state index in [2.05, 4.69) is 10.3 Å². The van der Waals surface area contributed by atoms with Crippen LogP contribution in [0.1, 0.15) is 33.4 Å². The van der Waals surface area contributed by atoms with Gasteiger partial charge in [-0.05, 0) is 35.3 Å². The molecule has 2 aliphatic heterocycles. The molecule has 2 amide bonds. The first-order valence-electron chi connectivity index (χ1n) is 13.9. The van der Waals surface area contributed by atoms with E-state index < -0.39 is 23.5 Å². The van der Waals surface area contributed by atoms with Gasteiger partial charge in [-0.15, -0.1) is 23.1 Å². The van der Waals surface area contributed by atoms with Gasteiger partial charge in [-0.25, -0.2) is 9.78 Å². The Balaban J connectivity index is 1.29. The number of thiazole rings is 1. The number of esters is 1. The van der Waals surface area contributed by atoms with Crippen molar-refractivity contribution in [3.63, 3.8) is 0 Å². The molecule has 0 aliphatic carbocycles. The van der Waals surface area contributed by atoms with Gasteiger partial charge in [0.1, 0.15) is 17.1 Å². The Labute approximate surface area is 258 Å². The molecular formula is C34H29N3O4S2. The minimum Gasteiger partial charge on any atom is -0.448 e. The molecule has 216 valence electrons. The molecule has 2 atom stereocenters. The minimum absolute atomic E-state index is 0.171. The molecule has 0 saturated carbocycles. The first kappa shape index (κ1) is 28.6. The molecule has 1 N–H and O–H groups in total. The number of fused-ring (bicyclic) bond motifs is 1. The number of thioether (sulfide) groups is 1. The number of allylic oxidation sites excluding steroid dienone is 1. The number of hydrogen-bond acceptors (Lipinski definition) is 7. The summed E-state index contributed by atoms with van der Waals surface area (Å²) >= 11 is 3.02. The zero-order chi connectivity index (χ0) is 29.8. The molecule has 0 spiro atoms. The Morgan fingerprint density at radius 3 is 2.21 bits per heavy atom. The van der Waals surface area contributed by atoms with Gasteiger partial charge in [-0.3, -0.25) is 14.5 Å². The predicted molar refractivity (Wildman–Crippen MR) is 169 cm³/mol. The lowest BCUT2D eigenvalue weighted by Gasteiger charge is -2.49. The van der Waals surface area contributed by atoms with E-state index in [0.717, 1.165) is 27.3 Å². The largest absolute Gasteiger partial charge is 0.448 e.